The molecule has 0 bridgehead atoms. The Hall–Kier alpha value is -1.22. The molecule has 1 atom stereocenters. The molecule has 0 heterocycles. The molecule has 6 nitrogen and oxygen atoms in total. The van der Waals surface area contributed by atoms with Crippen LogP contribution in [0.25, 0.3) is 0 Å². The third-order valence-electron chi connectivity index (χ3n) is 2.77. The van der Waals surface area contributed by atoms with Crippen LogP contribution in [0.15, 0.2) is 23.1 Å². The van der Waals surface area contributed by atoms with Crippen LogP contribution in [0.5, 0.6) is 0 Å². The van der Waals surface area contributed by atoms with Gasteiger partial charge in [0, 0.05) is 26.7 Å². The topological polar surface area (TPSA) is 102 Å². The van der Waals surface area contributed by atoms with E-state index < -0.39 is 21.4 Å². The number of methoxy groups -OCH3 is 1. The Kier molecular flexibility index (Phi) is 5.46. The smallest absolute Gasteiger partial charge is 0.240 e. The summed E-state index contributed by atoms with van der Waals surface area (Å²) in [5.74, 6) is -0.806. The number of nitrogen functional groups attached to an aromatic ring is 1. The highest BCUT2D eigenvalue weighted by Crippen LogP contribution is 2.17. The molecule has 114 valence electrons. The lowest BCUT2D eigenvalue weighted by atomic mass is 10.0. The summed E-state index contributed by atoms with van der Waals surface area (Å²) in [5.41, 5.74) is 3.90. The van der Waals surface area contributed by atoms with Crippen molar-refractivity contribution in [1.82, 2.24) is 4.72 Å². The highest BCUT2D eigenvalue weighted by Gasteiger charge is 2.24. The molecular weight excluding hydrogens is 287 g/mol. The van der Waals surface area contributed by atoms with Crippen molar-refractivity contribution >= 4 is 15.7 Å². The average Bonchev–Trinajstić information content (AvgIpc) is 2.37. The standard InChI is InChI=1S/C12H19FN2O4S/c1-12(16,5-6-19-2)8-15-20(17,18)9-3-4-11(14)10(13)7-9/h3-4,7,15-16H,5-6,8,14H2,1-2H3. The number of benzene rings is 1. The Labute approximate surface area is 117 Å². The molecule has 1 aromatic carbocycles. The van der Waals surface area contributed by atoms with Crippen LogP contribution < -0.4 is 10.5 Å². The summed E-state index contributed by atoms with van der Waals surface area (Å²) >= 11 is 0. The molecule has 0 saturated carbocycles. The molecule has 0 amide bonds. The third kappa shape index (κ3) is 4.71. The highest BCUT2D eigenvalue weighted by atomic mass is 32.2. The molecule has 0 aliphatic heterocycles. The van der Waals surface area contributed by atoms with E-state index in [0.29, 0.717) is 6.61 Å². The van der Waals surface area contributed by atoms with Gasteiger partial charge in [0.2, 0.25) is 10.0 Å². The van der Waals surface area contributed by atoms with Gasteiger partial charge in [-0.2, -0.15) is 0 Å². The van der Waals surface area contributed by atoms with E-state index in [1.165, 1.54) is 26.2 Å². The van der Waals surface area contributed by atoms with Crippen LogP contribution in [0.2, 0.25) is 0 Å². The van der Waals surface area contributed by atoms with Gasteiger partial charge in [-0.25, -0.2) is 17.5 Å². The number of hydrogen-bond donors (Lipinski definition) is 3. The number of hydrogen-bond acceptors (Lipinski definition) is 5. The number of anilines is 1. The van der Waals surface area contributed by atoms with E-state index >= 15 is 0 Å². The molecule has 1 unspecified atom stereocenters. The van der Waals surface area contributed by atoms with Gasteiger partial charge in [0.1, 0.15) is 5.82 Å². The SMILES string of the molecule is COCCC(C)(O)CNS(=O)(=O)c1ccc(N)c(F)c1. The number of nitrogens with two attached hydrogens (primary N) is 1. The van der Waals surface area contributed by atoms with Gasteiger partial charge in [-0.15, -0.1) is 0 Å². The fraction of sp³-hybridized carbons (Fsp3) is 0.500. The summed E-state index contributed by atoms with van der Waals surface area (Å²) in [6.07, 6.45) is 0.266. The summed E-state index contributed by atoms with van der Waals surface area (Å²) < 4.78 is 44.2. The van der Waals surface area contributed by atoms with Crippen LogP contribution in [0.4, 0.5) is 10.1 Å². The van der Waals surface area contributed by atoms with Crippen molar-refractivity contribution in [2.75, 3.05) is 26.0 Å². The van der Waals surface area contributed by atoms with Gasteiger partial charge < -0.3 is 15.6 Å². The van der Waals surface area contributed by atoms with Crippen molar-refractivity contribution < 1.29 is 22.7 Å². The number of ether oxygens (including phenoxy) is 1. The molecule has 0 aliphatic rings. The summed E-state index contributed by atoms with van der Waals surface area (Å²) in [6, 6.07) is 3.21. The zero-order chi connectivity index (χ0) is 15.4. The van der Waals surface area contributed by atoms with Crippen molar-refractivity contribution in [2.24, 2.45) is 0 Å². The first-order chi connectivity index (χ1) is 9.18. The van der Waals surface area contributed by atoms with Crippen molar-refractivity contribution in [3.05, 3.63) is 24.0 Å². The second-order valence-corrected chi connectivity index (χ2v) is 6.51. The minimum Gasteiger partial charge on any atom is -0.396 e. The van der Waals surface area contributed by atoms with E-state index in [9.17, 15) is 17.9 Å². The molecule has 0 radical (unpaired) electrons. The number of nitrogens with one attached hydrogen (secondary N) is 1. The van der Waals surface area contributed by atoms with Crippen LogP contribution in [-0.4, -0.2) is 39.4 Å². The second-order valence-electron chi connectivity index (χ2n) is 4.75. The lowest BCUT2D eigenvalue weighted by molar-refractivity contribution is 0.0292. The van der Waals surface area contributed by atoms with Gasteiger partial charge in [0.25, 0.3) is 0 Å². The van der Waals surface area contributed by atoms with Gasteiger partial charge in [-0.1, -0.05) is 0 Å². The summed E-state index contributed by atoms with van der Waals surface area (Å²) in [7, 11) is -2.42. The summed E-state index contributed by atoms with van der Waals surface area (Å²) in [6.45, 7) is 1.58. The van der Waals surface area contributed by atoms with E-state index in [1.54, 1.807) is 0 Å². The van der Waals surface area contributed by atoms with Crippen molar-refractivity contribution in [3.63, 3.8) is 0 Å². The molecule has 0 fully saturated rings. The first kappa shape index (κ1) is 16.8. The molecule has 8 heteroatoms. The molecule has 0 aromatic heterocycles. The second kappa shape index (κ2) is 6.49. The fourth-order valence-corrected chi connectivity index (χ4v) is 2.59. The van der Waals surface area contributed by atoms with Crippen molar-refractivity contribution in [2.45, 2.75) is 23.8 Å². The average molecular weight is 306 g/mol. The minimum absolute atomic E-state index is 0.129. The molecular formula is C12H19FN2O4S. The third-order valence-corrected chi connectivity index (χ3v) is 4.17. The van der Waals surface area contributed by atoms with E-state index in [-0.39, 0.29) is 23.5 Å². The summed E-state index contributed by atoms with van der Waals surface area (Å²) in [4.78, 5) is -0.244. The first-order valence-corrected chi connectivity index (χ1v) is 7.42. The fourth-order valence-electron chi connectivity index (χ4n) is 1.42. The zero-order valence-electron chi connectivity index (χ0n) is 11.4. The first-order valence-electron chi connectivity index (χ1n) is 5.94. The largest absolute Gasteiger partial charge is 0.396 e. The summed E-state index contributed by atoms with van der Waals surface area (Å²) in [5, 5.41) is 9.95. The Morgan fingerprint density at radius 3 is 2.70 bits per heavy atom. The van der Waals surface area contributed by atoms with Gasteiger partial charge in [0.15, 0.2) is 0 Å². The molecule has 0 spiro atoms. The van der Waals surface area contributed by atoms with E-state index in [4.69, 9.17) is 10.5 Å². The van der Waals surface area contributed by atoms with Gasteiger partial charge in [0.05, 0.1) is 16.2 Å². The van der Waals surface area contributed by atoms with Crippen LogP contribution in [0, 0.1) is 5.82 Å². The Balaban J connectivity index is 2.77. The Morgan fingerprint density at radius 1 is 1.50 bits per heavy atom. The maximum absolute atomic E-state index is 13.3. The molecule has 4 N–H and O–H groups in total. The van der Waals surface area contributed by atoms with Crippen molar-refractivity contribution in [1.29, 1.82) is 0 Å². The van der Waals surface area contributed by atoms with Crippen LogP contribution >= 0.6 is 0 Å². The van der Waals surface area contributed by atoms with Crippen LogP contribution in [0.3, 0.4) is 0 Å². The number of aliphatic hydroxyl groups is 1. The lowest BCUT2D eigenvalue weighted by Crippen LogP contribution is -2.41. The molecule has 1 rings (SSSR count). The normalized spacial score (nSPS) is 15.0. The molecule has 0 saturated heterocycles. The maximum Gasteiger partial charge on any atom is 0.240 e. The number of sulfonamides is 1. The predicted molar refractivity (Wildman–Crippen MR) is 73.1 cm³/mol. The van der Waals surface area contributed by atoms with Gasteiger partial charge in [-0.3, -0.25) is 0 Å². The monoisotopic (exact) mass is 306 g/mol. The minimum atomic E-state index is -3.90. The van der Waals surface area contributed by atoms with Gasteiger partial charge in [-0.05, 0) is 25.1 Å². The molecule has 0 aliphatic carbocycles. The van der Waals surface area contributed by atoms with E-state index in [2.05, 4.69) is 4.72 Å². The highest BCUT2D eigenvalue weighted by molar-refractivity contribution is 7.89. The van der Waals surface area contributed by atoms with Crippen LogP contribution in [0.1, 0.15) is 13.3 Å². The Bertz CT molecular complexity index is 561. The van der Waals surface area contributed by atoms with Crippen LogP contribution in [-0.2, 0) is 14.8 Å². The molecule has 20 heavy (non-hydrogen) atoms. The number of halogens is 1. The number of rotatable bonds is 7. The Morgan fingerprint density at radius 2 is 2.15 bits per heavy atom. The van der Waals surface area contributed by atoms with E-state index in [0.717, 1.165) is 6.07 Å². The maximum atomic E-state index is 13.3. The van der Waals surface area contributed by atoms with Crippen molar-refractivity contribution in [3.8, 4) is 0 Å². The quantitative estimate of drug-likeness (QED) is 0.636. The lowest BCUT2D eigenvalue weighted by Gasteiger charge is -2.23. The van der Waals surface area contributed by atoms with Gasteiger partial charge >= 0.3 is 0 Å². The molecule has 1 aromatic rings. The van der Waals surface area contributed by atoms with E-state index in [1.807, 2.05) is 0 Å². The predicted octanol–water partition coefficient (Wildman–Crippen LogP) is 0.474. The zero-order valence-corrected chi connectivity index (χ0v) is 12.2.